The first kappa shape index (κ1) is 17.5. The van der Waals surface area contributed by atoms with Crippen molar-refractivity contribution in [3.05, 3.63) is 60.3 Å². The van der Waals surface area contributed by atoms with Gasteiger partial charge in [0.1, 0.15) is 5.65 Å². The molecule has 0 spiro atoms. The molecule has 6 nitrogen and oxygen atoms in total. The van der Waals surface area contributed by atoms with E-state index in [2.05, 4.69) is 27.9 Å². The Kier molecular flexibility index (Phi) is 5.05. The largest absolute Gasteiger partial charge is 0.369 e. The average Bonchev–Trinajstić information content (AvgIpc) is 2.94. The van der Waals surface area contributed by atoms with Gasteiger partial charge in [-0.1, -0.05) is 6.07 Å². The van der Waals surface area contributed by atoms with Gasteiger partial charge in [0, 0.05) is 63.1 Å². The van der Waals surface area contributed by atoms with Gasteiger partial charge in [-0.3, -0.25) is 9.78 Å². The predicted molar refractivity (Wildman–Crippen MR) is 106 cm³/mol. The normalized spacial score (nSPS) is 15.1. The fourth-order valence-electron chi connectivity index (χ4n) is 3.73. The fraction of sp³-hybridized carbons (Fsp3) is 0.381. The summed E-state index contributed by atoms with van der Waals surface area (Å²) in [6.45, 7) is 5.52. The lowest BCUT2D eigenvalue weighted by molar-refractivity contribution is -0.130. The Morgan fingerprint density at radius 1 is 1.15 bits per heavy atom. The van der Waals surface area contributed by atoms with Crippen molar-refractivity contribution in [3.63, 3.8) is 0 Å². The fourth-order valence-corrected chi connectivity index (χ4v) is 3.73. The van der Waals surface area contributed by atoms with Gasteiger partial charge in [0.2, 0.25) is 5.91 Å². The number of anilines is 1. The summed E-state index contributed by atoms with van der Waals surface area (Å²) < 4.78 is 2.00. The van der Waals surface area contributed by atoms with Gasteiger partial charge in [0.15, 0.2) is 0 Å². The molecule has 1 fully saturated rings. The van der Waals surface area contributed by atoms with E-state index in [1.54, 1.807) is 0 Å². The van der Waals surface area contributed by atoms with Crippen molar-refractivity contribution in [2.75, 3.05) is 31.1 Å². The first-order valence-electron chi connectivity index (χ1n) is 9.57. The van der Waals surface area contributed by atoms with Crippen LogP contribution in [-0.4, -0.2) is 51.4 Å². The predicted octanol–water partition coefficient (Wildman–Crippen LogP) is 2.71. The van der Waals surface area contributed by atoms with Crippen LogP contribution in [0.15, 0.2) is 49.1 Å². The molecular weight excluding hydrogens is 338 g/mol. The van der Waals surface area contributed by atoms with E-state index >= 15 is 0 Å². The van der Waals surface area contributed by atoms with Crippen molar-refractivity contribution in [2.45, 2.75) is 26.2 Å². The highest BCUT2D eigenvalue weighted by atomic mass is 16.2. The molecule has 1 saturated heterocycles. The van der Waals surface area contributed by atoms with Gasteiger partial charge in [-0.15, -0.1) is 0 Å². The highest BCUT2D eigenvalue weighted by molar-refractivity contribution is 5.76. The molecule has 0 saturated carbocycles. The zero-order chi connectivity index (χ0) is 18.6. The van der Waals surface area contributed by atoms with Crippen molar-refractivity contribution in [2.24, 2.45) is 0 Å². The molecule has 3 aromatic heterocycles. The summed E-state index contributed by atoms with van der Waals surface area (Å²) in [5.41, 5.74) is 4.31. The minimum Gasteiger partial charge on any atom is -0.369 e. The number of carbonyl (C=O) groups excluding carboxylic acids is 1. The molecule has 0 aliphatic carbocycles. The van der Waals surface area contributed by atoms with Gasteiger partial charge in [-0.2, -0.15) is 0 Å². The zero-order valence-corrected chi connectivity index (χ0v) is 15.7. The number of fused-ring (bicyclic) bond motifs is 1. The highest BCUT2D eigenvalue weighted by Crippen LogP contribution is 2.20. The number of nitrogens with zero attached hydrogens (tertiary/aromatic N) is 5. The van der Waals surface area contributed by atoms with E-state index in [1.807, 2.05) is 52.3 Å². The monoisotopic (exact) mass is 363 g/mol. The van der Waals surface area contributed by atoms with Gasteiger partial charge in [0.05, 0.1) is 5.69 Å². The highest BCUT2D eigenvalue weighted by Gasteiger charge is 2.20. The van der Waals surface area contributed by atoms with E-state index in [9.17, 15) is 4.79 Å². The van der Waals surface area contributed by atoms with Crippen LogP contribution in [0.3, 0.4) is 0 Å². The quantitative estimate of drug-likeness (QED) is 0.715. The van der Waals surface area contributed by atoms with Crippen molar-refractivity contribution >= 4 is 17.2 Å². The Labute approximate surface area is 159 Å². The van der Waals surface area contributed by atoms with Crippen molar-refractivity contribution in [3.8, 4) is 0 Å². The average molecular weight is 363 g/mol. The Morgan fingerprint density at radius 3 is 2.93 bits per heavy atom. The number of rotatable bonds is 4. The van der Waals surface area contributed by atoms with Crippen molar-refractivity contribution in [1.82, 2.24) is 19.3 Å². The smallest absolute Gasteiger partial charge is 0.223 e. The summed E-state index contributed by atoms with van der Waals surface area (Å²) in [6.07, 6.45) is 9.92. The van der Waals surface area contributed by atoms with Crippen LogP contribution < -0.4 is 4.90 Å². The summed E-state index contributed by atoms with van der Waals surface area (Å²) in [5, 5.41) is 0. The number of hydrogen-bond donors (Lipinski definition) is 0. The Bertz CT molecular complexity index is 902. The topological polar surface area (TPSA) is 53.7 Å². The van der Waals surface area contributed by atoms with Gasteiger partial charge < -0.3 is 14.2 Å². The number of hydrogen-bond acceptors (Lipinski definition) is 4. The third-order valence-corrected chi connectivity index (χ3v) is 5.19. The number of aryl methyl sites for hydroxylation is 2. The van der Waals surface area contributed by atoms with E-state index in [0.717, 1.165) is 43.9 Å². The second-order valence-electron chi connectivity index (χ2n) is 7.08. The number of pyridine rings is 2. The summed E-state index contributed by atoms with van der Waals surface area (Å²) in [5.74, 6) is 0.223. The molecule has 1 amide bonds. The van der Waals surface area contributed by atoms with E-state index in [4.69, 9.17) is 0 Å². The Morgan fingerprint density at radius 2 is 2.07 bits per heavy atom. The molecular formula is C21H25N5O. The van der Waals surface area contributed by atoms with Gasteiger partial charge in [0.25, 0.3) is 0 Å². The first-order valence-corrected chi connectivity index (χ1v) is 9.57. The zero-order valence-electron chi connectivity index (χ0n) is 15.7. The maximum Gasteiger partial charge on any atom is 0.223 e. The standard InChI is InChI=1S/C21H25N5O/c1-17-15-22-9-8-19(17)24-11-4-12-25(14-13-24)21(27)7-6-18-16-26-10-3-2-5-20(26)23-18/h2-3,5,8-10,15-16H,4,6-7,11-14H2,1H3. The molecule has 1 aliphatic rings. The summed E-state index contributed by atoms with van der Waals surface area (Å²) in [6, 6.07) is 8.01. The lowest BCUT2D eigenvalue weighted by Crippen LogP contribution is -2.35. The Hall–Kier alpha value is -2.89. The van der Waals surface area contributed by atoms with Gasteiger partial charge in [-0.05, 0) is 43.5 Å². The van der Waals surface area contributed by atoms with Gasteiger partial charge in [-0.25, -0.2) is 4.98 Å². The maximum atomic E-state index is 12.7. The molecule has 4 rings (SSSR count). The third kappa shape index (κ3) is 3.94. The summed E-state index contributed by atoms with van der Waals surface area (Å²) in [4.78, 5) is 25.9. The lowest BCUT2D eigenvalue weighted by atomic mass is 10.2. The van der Waals surface area contributed by atoms with E-state index in [0.29, 0.717) is 12.8 Å². The van der Waals surface area contributed by atoms with E-state index < -0.39 is 0 Å². The van der Waals surface area contributed by atoms with Crippen molar-refractivity contribution in [1.29, 1.82) is 0 Å². The third-order valence-electron chi connectivity index (χ3n) is 5.19. The van der Waals surface area contributed by atoms with Crippen LogP contribution in [0.5, 0.6) is 0 Å². The summed E-state index contributed by atoms with van der Waals surface area (Å²) >= 11 is 0. The first-order chi connectivity index (χ1) is 13.2. The number of aromatic nitrogens is 3. The SMILES string of the molecule is Cc1cnccc1N1CCCN(C(=O)CCc2cn3ccccc3n2)CC1. The second kappa shape index (κ2) is 7.78. The van der Waals surface area contributed by atoms with Crippen LogP contribution in [0.2, 0.25) is 0 Å². The van der Waals surface area contributed by atoms with Crippen LogP contribution in [0, 0.1) is 6.92 Å². The van der Waals surface area contributed by atoms with Crippen LogP contribution in [-0.2, 0) is 11.2 Å². The maximum absolute atomic E-state index is 12.7. The molecule has 6 heteroatoms. The number of carbonyl (C=O) groups is 1. The van der Waals surface area contributed by atoms with Crippen LogP contribution in [0.25, 0.3) is 5.65 Å². The van der Waals surface area contributed by atoms with Crippen LogP contribution >= 0.6 is 0 Å². The van der Waals surface area contributed by atoms with Gasteiger partial charge >= 0.3 is 0 Å². The minimum absolute atomic E-state index is 0.223. The molecule has 0 bridgehead atoms. The van der Waals surface area contributed by atoms with Crippen LogP contribution in [0.4, 0.5) is 5.69 Å². The molecule has 4 heterocycles. The molecule has 1 aliphatic heterocycles. The molecule has 0 N–H and O–H groups in total. The lowest BCUT2D eigenvalue weighted by Gasteiger charge is -2.25. The molecule has 0 atom stereocenters. The minimum atomic E-state index is 0.223. The number of imidazole rings is 1. The molecule has 3 aromatic rings. The van der Waals surface area contributed by atoms with E-state index in [-0.39, 0.29) is 5.91 Å². The molecule has 0 unspecified atom stereocenters. The summed E-state index contributed by atoms with van der Waals surface area (Å²) in [7, 11) is 0. The van der Waals surface area contributed by atoms with Crippen LogP contribution in [0.1, 0.15) is 24.1 Å². The molecule has 27 heavy (non-hydrogen) atoms. The molecule has 0 radical (unpaired) electrons. The molecule has 0 aromatic carbocycles. The number of amides is 1. The molecule has 140 valence electrons. The Balaban J connectivity index is 1.34. The van der Waals surface area contributed by atoms with E-state index in [1.165, 1.54) is 11.3 Å². The van der Waals surface area contributed by atoms with Crippen molar-refractivity contribution < 1.29 is 4.79 Å². The second-order valence-corrected chi connectivity index (χ2v) is 7.08.